The second-order valence-electron chi connectivity index (χ2n) is 11.0. The summed E-state index contributed by atoms with van der Waals surface area (Å²) in [5.74, 6) is -0.943. The minimum atomic E-state index is -0.806. The molecule has 3 amide bonds. The molecule has 2 aromatic carbocycles. The predicted molar refractivity (Wildman–Crippen MR) is 158 cm³/mol. The van der Waals surface area contributed by atoms with Gasteiger partial charge >= 0.3 is 0 Å². The van der Waals surface area contributed by atoms with Crippen LogP contribution in [0.3, 0.4) is 0 Å². The molecule has 8 heteroatoms. The van der Waals surface area contributed by atoms with Crippen molar-refractivity contribution in [3.05, 3.63) is 70.8 Å². The summed E-state index contributed by atoms with van der Waals surface area (Å²) in [5.41, 5.74) is 7.25. The summed E-state index contributed by atoms with van der Waals surface area (Å²) in [7, 11) is 0. The fourth-order valence-corrected chi connectivity index (χ4v) is 5.51. The number of hydrogen-bond acceptors (Lipinski definition) is 5. The van der Waals surface area contributed by atoms with Crippen molar-refractivity contribution in [2.45, 2.75) is 83.9 Å². The zero-order valence-electron chi connectivity index (χ0n) is 24.0. The van der Waals surface area contributed by atoms with E-state index in [0.717, 1.165) is 44.1 Å². The van der Waals surface area contributed by atoms with Gasteiger partial charge in [-0.1, -0.05) is 76.3 Å². The monoisotopic (exact) mass is 550 g/mol. The number of carbonyl (C=O) groups excluding carboxylic acids is 3. The quantitative estimate of drug-likeness (QED) is 0.264. The maximum atomic E-state index is 13.5. The number of nitrogens with one attached hydrogen (secondary N) is 2. The number of aliphatic hydroxyl groups is 1. The number of benzene rings is 2. The van der Waals surface area contributed by atoms with Crippen molar-refractivity contribution in [3.63, 3.8) is 0 Å². The van der Waals surface area contributed by atoms with Crippen molar-refractivity contribution in [1.29, 1.82) is 0 Å². The number of aliphatic hydroxyl groups excluding tert-OH is 1. The number of amides is 3. The largest absolute Gasteiger partial charge is 0.390 e. The van der Waals surface area contributed by atoms with Crippen molar-refractivity contribution in [3.8, 4) is 0 Å². The molecule has 40 heavy (non-hydrogen) atoms. The molecular formula is C32H46N4O4. The summed E-state index contributed by atoms with van der Waals surface area (Å²) in [4.78, 5) is 40.7. The summed E-state index contributed by atoms with van der Waals surface area (Å²) in [6.45, 7) is 6.10. The maximum absolute atomic E-state index is 13.5. The molecule has 0 radical (unpaired) electrons. The Labute approximate surface area is 238 Å². The van der Waals surface area contributed by atoms with E-state index in [1.54, 1.807) is 4.90 Å². The number of primary amides is 1. The van der Waals surface area contributed by atoms with Crippen LogP contribution in [-0.4, -0.2) is 59.5 Å². The summed E-state index contributed by atoms with van der Waals surface area (Å²) in [5, 5.41) is 17.5. The van der Waals surface area contributed by atoms with E-state index in [9.17, 15) is 19.5 Å². The first-order valence-electron chi connectivity index (χ1n) is 14.8. The summed E-state index contributed by atoms with van der Waals surface area (Å²) < 4.78 is 0. The van der Waals surface area contributed by atoms with Crippen LogP contribution in [-0.2, 0) is 6.54 Å². The Bertz CT molecular complexity index is 1100. The summed E-state index contributed by atoms with van der Waals surface area (Å²) in [6.07, 6.45) is 7.16. The lowest BCUT2D eigenvalue weighted by Crippen LogP contribution is -2.48. The Hall–Kier alpha value is -3.23. The summed E-state index contributed by atoms with van der Waals surface area (Å²) >= 11 is 0. The minimum absolute atomic E-state index is 0.109. The van der Waals surface area contributed by atoms with Gasteiger partial charge in [-0.2, -0.15) is 0 Å². The molecule has 2 atom stereocenters. The molecule has 0 heterocycles. The van der Waals surface area contributed by atoms with Crippen LogP contribution in [0.4, 0.5) is 0 Å². The molecule has 5 N–H and O–H groups in total. The van der Waals surface area contributed by atoms with Gasteiger partial charge < -0.3 is 26.4 Å². The maximum Gasteiger partial charge on any atom is 0.253 e. The molecule has 0 unspecified atom stereocenters. The molecule has 0 saturated heterocycles. The van der Waals surface area contributed by atoms with Crippen LogP contribution in [0.1, 0.15) is 102 Å². The Morgan fingerprint density at radius 2 is 1.57 bits per heavy atom. The van der Waals surface area contributed by atoms with E-state index in [4.69, 9.17) is 5.73 Å². The van der Waals surface area contributed by atoms with Gasteiger partial charge in [0.05, 0.1) is 12.1 Å². The lowest BCUT2D eigenvalue weighted by molar-refractivity contribution is 0.0755. The highest BCUT2D eigenvalue weighted by atomic mass is 16.3. The molecule has 0 bridgehead atoms. The van der Waals surface area contributed by atoms with Crippen LogP contribution >= 0.6 is 0 Å². The van der Waals surface area contributed by atoms with Gasteiger partial charge in [0.2, 0.25) is 5.91 Å². The number of carbonyl (C=O) groups is 3. The average molecular weight is 551 g/mol. The molecule has 0 spiro atoms. The third-order valence-electron chi connectivity index (χ3n) is 7.62. The third-order valence-corrected chi connectivity index (χ3v) is 7.62. The number of nitrogens with zero attached hydrogens (tertiary/aromatic N) is 1. The highest BCUT2D eigenvalue weighted by molar-refractivity contribution is 6.04. The number of hydrogen-bond donors (Lipinski definition) is 4. The van der Waals surface area contributed by atoms with Crippen molar-refractivity contribution >= 4 is 17.7 Å². The SMILES string of the molecule is CCCN(CCC)C(=O)c1cc(C(N)=O)cc(C(=O)N[C@@H](CC2CCCCC2)[C@H](O)CNCc2ccccc2)c1. The summed E-state index contributed by atoms with van der Waals surface area (Å²) in [6, 6.07) is 13.9. The van der Waals surface area contributed by atoms with E-state index < -0.39 is 24.0 Å². The molecule has 1 aliphatic rings. The fraction of sp³-hybridized carbons (Fsp3) is 0.531. The molecule has 2 aromatic rings. The van der Waals surface area contributed by atoms with Crippen LogP contribution in [0, 0.1) is 5.92 Å². The van der Waals surface area contributed by atoms with E-state index in [-0.39, 0.29) is 22.6 Å². The van der Waals surface area contributed by atoms with Gasteiger partial charge in [-0.3, -0.25) is 14.4 Å². The first-order valence-corrected chi connectivity index (χ1v) is 14.8. The first kappa shape index (κ1) is 31.3. The van der Waals surface area contributed by atoms with Gasteiger partial charge in [0.25, 0.3) is 11.8 Å². The van der Waals surface area contributed by atoms with Gasteiger partial charge in [-0.05, 0) is 48.9 Å². The normalized spacial score (nSPS) is 15.3. The highest BCUT2D eigenvalue weighted by Crippen LogP contribution is 2.28. The molecule has 3 rings (SSSR count). The van der Waals surface area contributed by atoms with E-state index in [2.05, 4.69) is 10.6 Å². The van der Waals surface area contributed by atoms with Crippen LogP contribution in [0.15, 0.2) is 48.5 Å². The molecule has 1 aliphatic carbocycles. The van der Waals surface area contributed by atoms with Gasteiger partial charge in [0.1, 0.15) is 0 Å². The van der Waals surface area contributed by atoms with Crippen molar-refractivity contribution < 1.29 is 19.5 Å². The number of rotatable bonds is 15. The van der Waals surface area contributed by atoms with Gasteiger partial charge in [0, 0.05) is 42.9 Å². The molecule has 0 aromatic heterocycles. The highest BCUT2D eigenvalue weighted by Gasteiger charge is 2.27. The fourth-order valence-electron chi connectivity index (χ4n) is 5.51. The molecule has 1 saturated carbocycles. The van der Waals surface area contributed by atoms with E-state index >= 15 is 0 Å². The van der Waals surface area contributed by atoms with Crippen molar-refractivity contribution in [2.24, 2.45) is 11.7 Å². The number of nitrogens with two attached hydrogens (primary N) is 1. The zero-order valence-corrected chi connectivity index (χ0v) is 24.0. The standard InChI is InChI=1S/C32H46N4O4/c1-3-15-36(16-4-2)32(40)27-19-25(30(33)38)18-26(20-27)31(39)35-28(17-23-11-7-5-8-12-23)29(37)22-34-21-24-13-9-6-10-14-24/h6,9-10,13-14,18-20,23,28-29,34,37H,3-5,7-8,11-12,15-17,21-22H2,1-2H3,(H2,33,38)(H,35,39)/t28-,29+/m0/s1. The predicted octanol–water partition coefficient (Wildman–Crippen LogP) is 4.27. The van der Waals surface area contributed by atoms with E-state index in [1.165, 1.54) is 24.6 Å². The smallest absolute Gasteiger partial charge is 0.253 e. The zero-order chi connectivity index (χ0) is 28.9. The third kappa shape index (κ3) is 9.45. The van der Waals surface area contributed by atoms with E-state index in [1.807, 2.05) is 44.2 Å². The molecule has 1 fully saturated rings. The minimum Gasteiger partial charge on any atom is -0.390 e. The average Bonchev–Trinajstić information content (AvgIpc) is 2.97. The molecule has 8 nitrogen and oxygen atoms in total. The van der Waals surface area contributed by atoms with Crippen LogP contribution in [0.25, 0.3) is 0 Å². The van der Waals surface area contributed by atoms with Crippen molar-refractivity contribution in [1.82, 2.24) is 15.5 Å². The van der Waals surface area contributed by atoms with E-state index in [0.29, 0.717) is 38.5 Å². The van der Waals surface area contributed by atoms with Gasteiger partial charge in [0.15, 0.2) is 0 Å². The lowest BCUT2D eigenvalue weighted by atomic mass is 9.83. The first-order chi connectivity index (χ1) is 19.3. The second kappa shape index (κ2) is 16.1. The van der Waals surface area contributed by atoms with Crippen LogP contribution in [0.2, 0.25) is 0 Å². The Balaban J connectivity index is 1.79. The topological polar surface area (TPSA) is 125 Å². The van der Waals surface area contributed by atoms with Crippen molar-refractivity contribution in [2.75, 3.05) is 19.6 Å². The van der Waals surface area contributed by atoms with Gasteiger partial charge in [-0.25, -0.2) is 0 Å². The Kier molecular flexibility index (Phi) is 12.6. The Morgan fingerprint density at radius 3 is 2.20 bits per heavy atom. The molecule has 218 valence electrons. The second-order valence-corrected chi connectivity index (χ2v) is 11.0. The lowest BCUT2D eigenvalue weighted by Gasteiger charge is -2.30. The van der Waals surface area contributed by atoms with Gasteiger partial charge in [-0.15, -0.1) is 0 Å². The molecular weight excluding hydrogens is 504 g/mol. The Morgan fingerprint density at radius 1 is 0.950 bits per heavy atom. The molecule has 0 aliphatic heterocycles. The van der Waals surface area contributed by atoms with Crippen LogP contribution < -0.4 is 16.4 Å². The van der Waals surface area contributed by atoms with Crippen LogP contribution in [0.5, 0.6) is 0 Å².